The molecule has 3 rings (SSSR count). The van der Waals surface area contributed by atoms with E-state index in [0.29, 0.717) is 17.0 Å². The lowest BCUT2D eigenvalue weighted by molar-refractivity contribution is -0.116. The average Bonchev–Trinajstić information content (AvgIpc) is 3.21. The Balaban J connectivity index is 1.84. The van der Waals surface area contributed by atoms with Crippen LogP contribution in [0.15, 0.2) is 76.2 Å². The molecule has 148 valence electrons. The maximum absolute atomic E-state index is 14.1. The van der Waals surface area contributed by atoms with Crippen molar-refractivity contribution >= 4 is 21.6 Å². The van der Waals surface area contributed by atoms with Crippen LogP contribution in [0.5, 0.6) is 0 Å². The van der Waals surface area contributed by atoms with Crippen molar-refractivity contribution in [1.82, 2.24) is 4.31 Å². The van der Waals surface area contributed by atoms with Crippen molar-refractivity contribution in [2.75, 3.05) is 11.9 Å². The van der Waals surface area contributed by atoms with Crippen molar-refractivity contribution in [1.29, 1.82) is 5.26 Å². The second-order valence-corrected chi connectivity index (χ2v) is 7.93. The van der Waals surface area contributed by atoms with Crippen molar-refractivity contribution in [2.45, 2.75) is 11.4 Å². The van der Waals surface area contributed by atoms with Crippen molar-refractivity contribution in [2.24, 2.45) is 0 Å². The highest BCUT2D eigenvalue weighted by molar-refractivity contribution is 7.89. The lowest BCUT2D eigenvalue weighted by Gasteiger charge is -2.21. The minimum atomic E-state index is -4.31. The number of nitrogens with zero attached hydrogens (tertiary/aromatic N) is 2. The van der Waals surface area contributed by atoms with Crippen LogP contribution >= 0.6 is 0 Å². The lowest BCUT2D eigenvalue weighted by Crippen LogP contribution is -2.37. The number of hydrogen-bond acceptors (Lipinski definition) is 5. The number of nitriles is 1. The van der Waals surface area contributed by atoms with Gasteiger partial charge in [0.1, 0.15) is 16.5 Å². The highest BCUT2D eigenvalue weighted by atomic mass is 32.2. The van der Waals surface area contributed by atoms with Gasteiger partial charge in [-0.25, -0.2) is 12.8 Å². The summed E-state index contributed by atoms with van der Waals surface area (Å²) in [6.45, 7) is -0.804. The molecule has 29 heavy (non-hydrogen) atoms. The fourth-order valence-corrected chi connectivity index (χ4v) is 4.01. The van der Waals surface area contributed by atoms with Gasteiger partial charge in [-0.3, -0.25) is 4.79 Å². The summed E-state index contributed by atoms with van der Waals surface area (Å²) in [7, 11) is -4.31. The Morgan fingerprint density at radius 3 is 2.45 bits per heavy atom. The molecule has 0 aliphatic rings. The number of nitrogens with one attached hydrogen (secondary N) is 1. The zero-order valence-electron chi connectivity index (χ0n) is 15.1. The molecule has 0 spiro atoms. The number of rotatable bonds is 7. The van der Waals surface area contributed by atoms with Crippen LogP contribution in [0.1, 0.15) is 11.3 Å². The van der Waals surface area contributed by atoms with Gasteiger partial charge in [-0.15, -0.1) is 0 Å². The molecule has 0 radical (unpaired) electrons. The first-order valence-electron chi connectivity index (χ1n) is 8.47. The monoisotopic (exact) mass is 413 g/mol. The minimum Gasteiger partial charge on any atom is -0.468 e. The molecule has 0 fully saturated rings. The summed E-state index contributed by atoms with van der Waals surface area (Å²) in [5, 5.41) is 11.4. The average molecular weight is 413 g/mol. The van der Waals surface area contributed by atoms with E-state index in [0.717, 1.165) is 16.4 Å². The Labute approximate surface area is 167 Å². The molecule has 0 aliphatic heterocycles. The molecule has 0 saturated heterocycles. The zero-order chi connectivity index (χ0) is 20.9. The topological polar surface area (TPSA) is 103 Å². The first kappa shape index (κ1) is 20.3. The predicted octanol–water partition coefficient (Wildman–Crippen LogP) is 3.12. The van der Waals surface area contributed by atoms with Crippen molar-refractivity contribution in [3.05, 3.63) is 84.1 Å². The molecule has 9 heteroatoms. The second kappa shape index (κ2) is 8.68. The molecule has 1 heterocycles. The number of sulfonamides is 1. The zero-order valence-corrected chi connectivity index (χ0v) is 15.9. The van der Waals surface area contributed by atoms with E-state index in [2.05, 4.69) is 5.32 Å². The molecule has 3 aromatic rings. The van der Waals surface area contributed by atoms with E-state index in [1.54, 1.807) is 12.1 Å². The maximum Gasteiger partial charge on any atom is 0.246 e. The van der Waals surface area contributed by atoms with Crippen molar-refractivity contribution in [3.8, 4) is 6.07 Å². The number of hydrogen-bond donors (Lipinski definition) is 1. The number of carbonyl (C=O) groups is 1. The van der Waals surface area contributed by atoms with Crippen LogP contribution in [0.2, 0.25) is 0 Å². The Kier molecular flexibility index (Phi) is 6.07. The van der Waals surface area contributed by atoms with Gasteiger partial charge in [0.05, 0.1) is 31.0 Å². The molecule has 0 unspecified atom stereocenters. The second-order valence-electron chi connectivity index (χ2n) is 6.02. The lowest BCUT2D eigenvalue weighted by atomic mass is 10.2. The Bertz CT molecular complexity index is 1140. The van der Waals surface area contributed by atoms with Gasteiger partial charge in [-0.05, 0) is 48.5 Å². The predicted molar refractivity (Wildman–Crippen MR) is 102 cm³/mol. The fraction of sp³-hybridized carbons (Fsp3) is 0.100. The summed E-state index contributed by atoms with van der Waals surface area (Å²) in [6.07, 6.45) is 1.38. The summed E-state index contributed by atoms with van der Waals surface area (Å²) in [5.74, 6) is -1.23. The summed E-state index contributed by atoms with van der Waals surface area (Å²) in [4.78, 5) is 11.9. The number of benzene rings is 2. The standard InChI is InChI=1S/C20H16FN3O4S/c21-18-5-1-2-6-19(18)29(26,27)24(13-17-4-3-11-28-17)14-20(25)23-16-9-7-15(12-22)8-10-16/h1-11H,13-14H2,(H,23,25). The van der Waals surface area contributed by atoms with Gasteiger partial charge >= 0.3 is 0 Å². The molecule has 1 amide bonds. The summed E-state index contributed by atoms with van der Waals surface area (Å²) in [5.41, 5.74) is 0.819. The van der Waals surface area contributed by atoms with Crippen LogP contribution in [-0.4, -0.2) is 25.2 Å². The SMILES string of the molecule is N#Cc1ccc(NC(=O)CN(Cc2ccco2)S(=O)(=O)c2ccccc2F)cc1. The Hall–Kier alpha value is -3.48. The maximum atomic E-state index is 14.1. The molecule has 2 aromatic carbocycles. The van der Waals surface area contributed by atoms with Crippen LogP contribution in [0.25, 0.3) is 0 Å². The Morgan fingerprint density at radius 1 is 1.10 bits per heavy atom. The van der Waals surface area contributed by atoms with Gasteiger partial charge < -0.3 is 9.73 Å². The van der Waals surface area contributed by atoms with Gasteiger partial charge in [0.25, 0.3) is 0 Å². The van der Waals surface area contributed by atoms with E-state index in [4.69, 9.17) is 9.68 Å². The van der Waals surface area contributed by atoms with Crippen LogP contribution in [0, 0.1) is 17.1 Å². The summed E-state index contributed by atoms with van der Waals surface area (Å²) >= 11 is 0. The third-order valence-electron chi connectivity index (χ3n) is 3.98. The normalized spacial score (nSPS) is 11.2. The molecule has 0 atom stereocenters. The molecular weight excluding hydrogens is 397 g/mol. The third-order valence-corrected chi connectivity index (χ3v) is 5.81. The van der Waals surface area contributed by atoms with Crippen LogP contribution in [-0.2, 0) is 21.4 Å². The number of furan rings is 1. The van der Waals surface area contributed by atoms with Crippen LogP contribution in [0.4, 0.5) is 10.1 Å². The highest BCUT2D eigenvalue weighted by Gasteiger charge is 2.30. The smallest absolute Gasteiger partial charge is 0.246 e. The van der Waals surface area contributed by atoms with E-state index >= 15 is 0 Å². The van der Waals surface area contributed by atoms with Gasteiger partial charge in [-0.1, -0.05) is 12.1 Å². The first-order valence-corrected chi connectivity index (χ1v) is 9.91. The summed E-state index contributed by atoms with van der Waals surface area (Å²) < 4.78 is 46.1. The molecule has 1 N–H and O–H groups in total. The van der Waals surface area contributed by atoms with E-state index in [9.17, 15) is 17.6 Å². The van der Waals surface area contributed by atoms with Crippen molar-refractivity contribution in [3.63, 3.8) is 0 Å². The van der Waals surface area contributed by atoms with E-state index in [1.807, 2.05) is 6.07 Å². The highest BCUT2D eigenvalue weighted by Crippen LogP contribution is 2.21. The van der Waals surface area contributed by atoms with Gasteiger partial charge in [0.2, 0.25) is 15.9 Å². The fourth-order valence-electron chi connectivity index (χ4n) is 2.58. The quantitative estimate of drug-likeness (QED) is 0.641. The Morgan fingerprint density at radius 2 is 1.83 bits per heavy atom. The third kappa shape index (κ3) is 4.87. The molecular formula is C20H16FN3O4S. The largest absolute Gasteiger partial charge is 0.468 e. The number of amides is 1. The molecule has 0 bridgehead atoms. The summed E-state index contributed by atoms with van der Waals surface area (Å²) in [6, 6.07) is 16.1. The number of anilines is 1. The van der Waals surface area contributed by atoms with Gasteiger partial charge in [-0.2, -0.15) is 9.57 Å². The first-order chi connectivity index (χ1) is 13.9. The molecule has 0 saturated carbocycles. The van der Waals surface area contributed by atoms with Gasteiger partial charge in [0, 0.05) is 5.69 Å². The van der Waals surface area contributed by atoms with E-state index in [-0.39, 0.29) is 6.54 Å². The number of carbonyl (C=O) groups excluding carboxylic acids is 1. The molecule has 1 aromatic heterocycles. The van der Waals surface area contributed by atoms with E-state index < -0.39 is 33.2 Å². The minimum absolute atomic E-state index is 0.246. The van der Waals surface area contributed by atoms with Crippen LogP contribution < -0.4 is 5.32 Å². The molecule has 7 nitrogen and oxygen atoms in total. The van der Waals surface area contributed by atoms with Crippen LogP contribution in [0.3, 0.4) is 0 Å². The number of halogens is 1. The van der Waals surface area contributed by atoms with E-state index in [1.165, 1.54) is 42.7 Å². The van der Waals surface area contributed by atoms with Gasteiger partial charge in [0.15, 0.2) is 0 Å². The molecule has 0 aliphatic carbocycles. The van der Waals surface area contributed by atoms with Crippen molar-refractivity contribution < 1.29 is 22.0 Å².